The summed E-state index contributed by atoms with van der Waals surface area (Å²) in [4.78, 5) is 21.9. The van der Waals surface area contributed by atoms with Crippen molar-refractivity contribution in [1.82, 2.24) is 9.97 Å². The molecule has 3 aromatic rings. The molecule has 0 bridgehead atoms. The van der Waals surface area contributed by atoms with E-state index in [1.807, 2.05) is 62.5 Å². The maximum Gasteiger partial charge on any atom is 0.232 e. The predicted octanol–water partition coefficient (Wildman–Crippen LogP) is 4.75. The number of carbonyl (C=O) groups excluding carboxylic acids is 1. The van der Waals surface area contributed by atoms with Crippen molar-refractivity contribution >= 4 is 22.4 Å². The molecule has 1 N–H and O–H groups in total. The normalized spacial score (nSPS) is 15.6. The van der Waals surface area contributed by atoms with Gasteiger partial charge in [0.25, 0.3) is 0 Å². The van der Waals surface area contributed by atoms with E-state index < -0.39 is 5.41 Å². The predicted molar refractivity (Wildman–Crippen MR) is 102 cm³/mol. The average Bonchev–Trinajstić information content (AvgIpc) is 3.04. The number of anilines is 1. The number of para-hydroxylation sites is 1. The Morgan fingerprint density at radius 3 is 2.73 bits per heavy atom. The number of benzene rings is 1. The first kappa shape index (κ1) is 16.7. The Hall–Kier alpha value is -2.73. The monoisotopic (exact) mass is 365 g/mol. The van der Waals surface area contributed by atoms with Gasteiger partial charge < -0.3 is 10.1 Å². The zero-order valence-corrected chi connectivity index (χ0v) is 15.6. The Balaban J connectivity index is 1.77. The second-order valence-corrected chi connectivity index (χ2v) is 7.80. The third-order valence-corrected chi connectivity index (χ3v) is 5.57. The van der Waals surface area contributed by atoms with Crippen LogP contribution in [0, 0.1) is 12.3 Å². The lowest BCUT2D eigenvalue weighted by Gasteiger charge is -2.37. The molecule has 2 aromatic heterocycles. The number of ether oxygens (including phenoxy) is 1. The molecular formula is C20H19N3O2S. The van der Waals surface area contributed by atoms with Crippen LogP contribution in [0.5, 0.6) is 11.6 Å². The van der Waals surface area contributed by atoms with Crippen LogP contribution in [-0.2, 0) is 4.79 Å². The number of rotatable bonds is 3. The van der Waals surface area contributed by atoms with E-state index >= 15 is 0 Å². The van der Waals surface area contributed by atoms with E-state index in [-0.39, 0.29) is 11.8 Å². The van der Waals surface area contributed by atoms with Crippen LogP contribution in [-0.4, -0.2) is 15.9 Å². The summed E-state index contributed by atoms with van der Waals surface area (Å²) < 4.78 is 5.95. The summed E-state index contributed by atoms with van der Waals surface area (Å²) in [6.07, 6.45) is 1.70. The maximum atomic E-state index is 13.2. The Labute approximate surface area is 156 Å². The standard InChI is InChI=1S/C20H19N3O2S/c1-12-11-26-19(22-12)23-18(24)20(2,3)16-13-7-4-5-9-15(13)25-17-14(16)8-6-10-21-17/h4-11,16H,1-3H3,(H,22,23,24). The van der Waals surface area contributed by atoms with Crippen molar-refractivity contribution < 1.29 is 9.53 Å². The van der Waals surface area contributed by atoms with Gasteiger partial charge in [0, 0.05) is 28.6 Å². The minimum absolute atomic E-state index is 0.0802. The summed E-state index contributed by atoms with van der Waals surface area (Å²) in [7, 11) is 0. The van der Waals surface area contributed by atoms with E-state index in [0.29, 0.717) is 11.0 Å². The molecule has 5 nitrogen and oxygen atoms in total. The summed E-state index contributed by atoms with van der Waals surface area (Å²) in [6.45, 7) is 5.81. The first-order chi connectivity index (χ1) is 12.5. The number of thiazole rings is 1. The Morgan fingerprint density at radius 1 is 1.19 bits per heavy atom. The van der Waals surface area contributed by atoms with E-state index in [1.165, 1.54) is 11.3 Å². The van der Waals surface area contributed by atoms with Crippen molar-refractivity contribution in [2.75, 3.05) is 5.32 Å². The number of carbonyl (C=O) groups is 1. The highest BCUT2D eigenvalue weighted by Crippen LogP contribution is 2.51. The number of fused-ring (bicyclic) bond motifs is 2. The van der Waals surface area contributed by atoms with Gasteiger partial charge in [0.1, 0.15) is 5.75 Å². The number of hydrogen-bond donors (Lipinski definition) is 1. The second kappa shape index (κ2) is 6.21. The third-order valence-electron chi connectivity index (χ3n) is 4.69. The van der Waals surface area contributed by atoms with Gasteiger partial charge in [-0.1, -0.05) is 38.1 Å². The minimum atomic E-state index is -0.725. The van der Waals surface area contributed by atoms with Crippen molar-refractivity contribution in [3.63, 3.8) is 0 Å². The summed E-state index contributed by atoms with van der Waals surface area (Å²) >= 11 is 1.43. The molecular weight excluding hydrogens is 346 g/mol. The van der Waals surface area contributed by atoms with E-state index in [2.05, 4.69) is 15.3 Å². The summed E-state index contributed by atoms with van der Waals surface area (Å²) in [5.74, 6) is 1.05. The molecule has 1 aromatic carbocycles. The topological polar surface area (TPSA) is 64.1 Å². The van der Waals surface area contributed by atoms with E-state index in [0.717, 1.165) is 22.6 Å². The first-order valence-corrected chi connectivity index (χ1v) is 9.30. The van der Waals surface area contributed by atoms with Gasteiger partial charge in [-0.25, -0.2) is 9.97 Å². The van der Waals surface area contributed by atoms with Crippen LogP contribution in [0.3, 0.4) is 0 Å². The van der Waals surface area contributed by atoms with Gasteiger partial charge in [0.2, 0.25) is 11.8 Å². The van der Waals surface area contributed by atoms with E-state index in [9.17, 15) is 4.79 Å². The number of nitrogens with zero attached hydrogens (tertiary/aromatic N) is 2. The van der Waals surface area contributed by atoms with Gasteiger partial charge in [-0.3, -0.25) is 4.79 Å². The van der Waals surface area contributed by atoms with Gasteiger partial charge in [-0.2, -0.15) is 0 Å². The SMILES string of the molecule is Cc1csc(NC(=O)C(C)(C)C2c3ccccc3Oc3ncccc32)n1. The molecule has 0 aliphatic carbocycles. The Morgan fingerprint density at radius 2 is 1.96 bits per heavy atom. The van der Waals surface area contributed by atoms with Crippen LogP contribution < -0.4 is 10.1 Å². The first-order valence-electron chi connectivity index (χ1n) is 8.42. The van der Waals surface area contributed by atoms with Crippen molar-refractivity contribution in [2.45, 2.75) is 26.7 Å². The van der Waals surface area contributed by atoms with Crippen molar-refractivity contribution in [2.24, 2.45) is 5.41 Å². The molecule has 0 saturated carbocycles. The fraction of sp³-hybridized carbons (Fsp3) is 0.250. The third kappa shape index (κ3) is 2.76. The number of hydrogen-bond acceptors (Lipinski definition) is 5. The largest absolute Gasteiger partial charge is 0.438 e. The zero-order valence-electron chi connectivity index (χ0n) is 14.8. The number of aryl methyl sites for hydroxylation is 1. The van der Waals surface area contributed by atoms with Crippen LogP contribution in [0.1, 0.15) is 36.6 Å². The lowest BCUT2D eigenvalue weighted by Crippen LogP contribution is -2.38. The molecule has 26 heavy (non-hydrogen) atoms. The molecule has 0 radical (unpaired) electrons. The lowest BCUT2D eigenvalue weighted by molar-refractivity contribution is -0.124. The molecule has 1 unspecified atom stereocenters. The summed E-state index contributed by atoms with van der Waals surface area (Å²) in [5, 5.41) is 5.51. The quantitative estimate of drug-likeness (QED) is 0.727. The van der Waals surface area contributed by atoms with Crippen LogP contribution in [0.15, 0.2) is 48.0 Å². The number of pyridine rings is 1. The van der Waals surface area contributed by atoms with Crippen LogP contribution in [0.25, 0.3) is 0 Å². The lowest BCUT2D eigenvalue weighted by atomic mass is 9.70. The van der Waals surface area contributed by atoms with Crippen LogP contribution >= 0.6 is 11.3 Å². The fourth-order valence-corrected chi connectivity index (χ4v) is 4.05. The molecule has 3 heterocycles. The van der Waals surface area contributed by atoms with Crippen molar-refractivity contribution in [1.29, 1.82) is 0 Å². The van der Waals surface area contributed by atoms with Gasteiger partial charge in [-0.15, -0.1) is 11.3 Å². The fourth-order valence-electron chi connectivity index (χ4n) is 3.37. The number of aromatic nitrogens is 2. The molecule has 1 atom stereocenters. The highest BCUT2D eigenvalue weighted by atomic mass is 32.1. The highest BCUT2D eigenvalue weighted by molar-refractivity contribution is 7.13. The molecule has 6 heteroatoms. The van der Waals surface area contributed by atoms with E-state index in [4.69, 9.17) is 4.74 Å². The Bertz CT molecular complexity index is 935. The molecule has 0 spiro atoms. The van der Waals surface area contributed by atoms with Gasteiger partial charge >= 0.3 is 0 Å². The minimum Gasteiger partial charge on any atom is -0.438 e. The van der Waals surface area contributed by atoms with Crippen LogP contribution in [0.4, 0.5) is 5.13 Å². The molecule has 0 saturated heterocycles. The maximum absolute atomic E-state index is 13.2. The van der Waals surface area contributed by atoms with Crippen LogP contribution in [0.2, 0.25) is 0 Å². The molecule has 0 fully saturated rings. The van der Waals surface area contributed by atoms with Gasteiger partial charge in [0.15, 0.2) is 5.13 Å². The van der Waals surface area contributed by atoms with Crippen molar-refractivity contribution in [3.8, 4) is 11.6 Å². The molecule has 1 aliphatic heterocycles. The van der Waals surface area contributed by atoms with Gasteiger partial charge in [0.05, 0.1) is 11.1 Å². The second-order valence-electron chi connectivity index (χ2n) is 6.94. The number of nitrogens with one attached hydrogen (secondary N) is 1. The summed E-state index contributed by atoms with van der Waals surface area (Å²) in [5.41, 5.74) is 2.08. The molecule has 1 amide bonds. The zero-order chi connectivity index (χ0) is 18.3. The molecule has 4 rings (SSSR count). The van der Waals surface area contributed by atoms with Crippen molar-refractivity contribution in [3.05, 3.63) is 64.8 Å². The van der Waals surface area contributed by atoms with E-state index in [1.54, 1.807) is 6.20 Å². The summed E-state index contributed by atoms with van der Waals surface area (Å²) in [6, 6.07) is 11.7. The Kier molecular flexibility index (Phi) is 4.00. The number of amides is 1. The van der Waals surface area contributed by atoms with Gasteiger partial charge in [-0.05, 0) is 19.1 Å². The highest BCUT2D eigenvalue weighted by Gasteiger charge is 2.44. The smallest absolute Gasteiger partial charge is 0.232 e. The molecule has 132 valence electrons. The molecule has 1 aliphatic rings. The average molecular weight is 365 g/mol.